The molecule has 1 fully saturated rings. The van der Waals surface area contributed by atoms with Crippen molar-refractivity contribution in [3.05, 3.63) is 18.2 Å². The first kappa shape index (κ1) is 17.7. The second kappa shape index (κ2) is 8.29. The van der Waals surface area contributed by atoms with E-state index < -0.39 is 0 Å². The summed E-state index contributed by atoms with van der Waals surface area (Å²) in [5.41, 5.74) is 0.876. The molecule has 1 aliphatic carbocycles. The summed E-state index contributed by atoms with van der Waals surface area (Å²) >= 11 is 1.35. The van der Waals surface area contributed by atoms with Crippen LogP contribution in [-0.4, -0.2) is 30.3 Å². The van der Waals surface area contributed by atoms with Crippen LogP contribution in [0.2, 0.25) is 0 Å². The van der Waals surface area contributed by atoms with Gasteiger partial charge >= 0.3 is 0 Å². The van der Waals surface area contributed by atoms with Crippen LogP contribution in [0, 0.1) is 5.92 Å². The first-order valence-electron chi connectivity index (χ1n) is 8.55. The molecule has 6 nitrogen and oxygen atoms in total. The van der Waals surface area contributed by atoms with Crippen LogP contribution in [0.25, 0.3) is 10.6 Å². The van der Waals surface area contributed by atoms with Crippen LogP contribution < -0.4 is 14.8 Å². The van der Waals surface area contributed by atoms with E-state index in [1.165, 1.54) is 37.0 Å². The molecule has 0 aliphatic heterocycles. The van der Waals surface area contributed by atoms with Crippen molar-refractivity contribution in [2.45, 2.75) is 38.5 Å². The fourth-order valence-electron chi connectivity index (χ4n) is 3.18. The number of anilines is 1. The molecule has 3 rings (SSSR count). The van der Waals surface area contributed by atoms with Crippen LogP contribution in [0.3, 0.4) is 0 Å². The van der Waals surface area contributed by atoms with E-state index in [1.54, 1.807) is 14.2 Å². The van der Waals surface area contributed by atoms with E-state index in [-0.39, 0.29) is 5.91 Å². The highest BCUT2D eigenvalue weighted by Crippen LogP contribution is 2.34. The van der Waals surface area contributed by atoms with E-state index in [0.717, 1.165) is 17.0 Å². The van der Waals surface area contributed by atoms with Crippen molar-refractivity contribution in [2.75, 3.05) is 19.5 Å². The van der Waals surface area contributed by atoms with Crippen molar-refractivity contribution >= 4 is 22.4 Å². The molecule has 0 radical (unpaired) electrons. The van der Waals surface area contributed by atoms with Crippen molar-refractivity contribution in [2.24, 2.45) is 5.92 Å². The monoisotopic (exact) mass is 361 g/mol. The number of amides is 1. The number of rotatable bonds is 7. The number of nitrogens with zero attached hydrogens (tertiary/aromatic N) is 2. The zero-order chi connectivity index (χ0) is 17.6. The van der Waals surface area contributed by atoms with E-state index in [1.807, 2.05) is 18.2 Å². The molecule has 1 saturated carbocycles. The maximum atomic E-state index is 12.1. The van der Waals surface area contributed by atoms with Gasteiger partial charge in [-0.1, -0.05) is 37.0 Å². The number of carbonyl (C=O) groups is 1. The molecule has 1 heterocycles. The van der Waals surface area contributed by atoms with Crippen LogP contribution in [-0.2, 0) is 4.79 Å². The van der Waals surface area contributed by atoms with Gasteiger partial charge in [0, 0.05) is 12.0 Å². The highest BCUT2D eigenvalue weighted by Gasteiger charge is 2.17. The Morgan fingerprint density at radius 3 is 2.68 bits per heavy atom. The number of ether oxygens (including phenoxy) is 2. The molecule has 134 valence electrons. The Bertz CT molecular complexity index is 726. The summed E-state index contributed by atoms with van der Waals surface area (Å²) in [5, 5.41) is 12.4. The van der Waals surface area contributed by atoms with Gasteiger partial charge in [-0.25, -0.2) is 0 Å². The molecular weight excluding hydrogens is 338 g/mol. The van der Waals surface area contributed by atoms with Gasteiger partial charge in [-0.3, -0.25) is 4.79 Å². The molecule has 0 unspecified atom stereocenters. The van der Waals surface area contributed by atoms with E-state index in [2.05, 4.69) is 15.5 Å². The Morgan fingerprint density at radius 2 is 1.96 bits per heavy atom. The minimum Gasteiger partial charge on any atom is -0.493 e. The van der Waals surface area contributed by atoms with Crippen LogP contribution in [0.5, 0.6) is 11.5 Å². The third kappa shape index (κ3) is 4.48. The topological polar surface area (TPSA) is 73.3 Å². The van der Waals surface area contributed by atoms with Gasteiger partial charge in [0.1, 0.15) is 5.01 Å². The summed E-state index contributed by atoms with van der Waals surface area (Å²) in [6, 6.07) is 5.58. The maximum absolute atomic E-state index is 12.1. The summed E-state index contributed by atoms with van der Waals surface area (Å²) in [7, 11) is 3.19. The predicted molar refractivity (Wildman–Crippen MR) is 98.3 cm³/mol. The molecule has 1 aromatic heterocycles. The molecule has 7 heteroatoms. The third-order valence-electron chi connectivity index (χ3n) is 4.56. The molecule has 1 N–H and O–H groups in total. The quantitative estimate of drug-likeness (QED) is 0.802. The predicted octanol–water partition coefficient (Wildman–Crippen LogP) is 4.13. The van der Waals surface area contributed by atoms with Crippen LogP contribution in [0.1, 0.15) is 38.5 Å². The Balaban J connectivity index is 1.60. The fraction of sp³-hybridized carbons (Fsp3) is 0.500. The number of aromatic nitrogens is 2. The molecule has 2 aromatic rings. The van der Waals surface area contributed by atoms with Gasteiger partial charge in [0.05, 0.1) is 14.2 Å². The Kier molecular flexibility index (Phi) is 5.86. The molecule has 0 bridgehead atoms. The molecule has 25 heavy (non-hydrogen) atoms. The second-order valence-corrected chi connectivity index (χ2v) is 7.20. The zero-order valence-electron chi connectivity index (χ0n) is 14.6. The van der Waals surface area contributed by atoms with Crippen molar-refractivity contribution < 1.29 is 14.3 Å². The second-order valence-electron chi connectivity index (χ2n) is 6.22. The van der Waals surface area contributed by atoms with E-state index in [0.29, 0.717) is 29.0 Å². The highest BCUT2D eigenvalue weighted by molar-refractivity contribution is 7.18. The maximum Gasteiger partial charge on any atom is 0.226 e. The van der Waals surface area contributed by atoms with Crippen molar-refractivity contribution in [3.8, 4) is 22.1 Å². The van der Waals surface area contributed by atoms with Gasteiger partial charge < -0.3 is 14.8 Å². The number of hydrogen-bond acceptors (Lipinski definition) is 6. The van der Waals surface area contributed by atoms with Gasteiger partial charge in [-0.2, -0.15) is 0 Å². The molecule has 1 amide bonds. The average molecular weight is 361 g/mol. The van der Waals surface area contributed by atoms with E-state index in [4.69, 9.17) is 9.47 Å². The number of benzene rings is 1. The lowest BCUT2D eigenvalue weighted by molar-refractivity contribution is -0.116. The zero-order valence-corrected chi connectivity index (χ0v) is 15.4. The van der Waals surface area contributed by atoms with Gasteiger partial charge in [0.25, 0.3) is 0 Å². The Hall–Kier alpha value is -2.15. The summed E-state index contributed by atoms with van der Waals surface area (Å²) in [6.07, 6.45) is 6.64. The SMILES string of the molecule is COc1ccc(-c2nnc(NC(=O)CCC3CCCC3)s2)cc1OC. The summed E-state index contributed by atoms with van der Waals surface area (Å²) in [5.74, 6) is 2.03. The largest absolute Gasteiger partial charge is 0.493 e. The summed E-state index contributed by atoms with van der Waals surface area (Å²) < 4.78 is 10.6. The summed E-state index contributed by atoms with van der Waals surface area (Å²) in [4.78, 5) is 12.1. The first-order valence-corrected chi connectivity index (χ1v) is 9.37. The van der Waals surface area contributed by atoms with Crippen LogP contribution in [0.15, 0.2) is 18.2 Å². The lowest BCUT2D eigenvalue weighted by Crippen LogP contribution is -2.12. The van der Waals surface area contributed by atoms with Crippen molar-refractivity contribution in [1.29, 1.82) is 0 Å². The molecule has 0 spiro atoms. The molecule has 1 aromatic carbocycles. The number of hydrogen-bond donors (Lipinski definition) is 1. The Labute approximate surface area is 151 Å². The van der Waals surface area contributed by atoms with Gasteiger partial charge in [0.2, 0.25) is 11.0 Å². The molecule has 0 saturated heterocycles. The smallest absolute Gasteiger partial charge is 0.226 e. The number of carbonyl (C=O) groups excluding carboxylic acids is 1. The average Bonchev–Trinajstić information content (AvgIpc) is 3.31. The third-order valence-corrected chi connectivity index (χ3v) is 5.44. The Morgan fingerprint density at radius 1 is 1.20 bits per heavy atom. The standard InChI is InChI=1S/C18H23N3O3S/c1-23-14-9-8-13(11-15(14)24-2)17-20-21-18(25-17)19-16(22)10-7-12-5-3-4-6-12/h8-9,11-12H,3-7,10H2,1-2H3,(H,19,21,22). The fourth-order valence-corrected chi connectivity index (χ4v) is 3.93. The molecular formula is C18H23N3O3S. The minimum absolute atomic E-state index is 0.0157. The van der Waals surface area contributed by atoms with E-state index in [9.17, 15) is 4.79 Å². The number of nitrogens with one attached hydrogen (secondary N) is 1. The van der Waals surface area contributed by atoms with Crippen LogP contribution >= 0.6 is 11.3 Å². The van der Waals surface area contributed by atoms with Crippen molar-refractivity contribution in [3.63, 3.8) is 0 Å². The minimum atomic E-state index is 0.0157. The first-order chi connectivity index (χ1) is 12.2. The van der Waals surface area contributed by atoms with Crippen molar-refractivity contribution in [1.82, 2.24) is 10.2 Å². The summed E-state index contributed by atoms with van der Waals surface area (Å²) in [6.45, 7) is 0. The lowest BCUT2D eigenvalue weighted by Gasteiger charge is -2.08. The van der Waals surface area contributed by atoms with Gasteiger partial charge in [-0.05, 0) is 30.5 Å². The molecule has 1 aliphatic rings. The normalized spacial score (nSPS) is 14.5. The van der Waals surface area contributed by atoms with Crippen LogP contribution in [0.4, 0.5) is 5.13 Å². The van der Waals surface area contributed by atoms with Gasteiger partial charge in [-0.15, -0.1) is 10.2 Å². The highest BCUT2D eigenvalue weighted by atomic mass is 32.1. The lowest BCUT2D eigenvalue weighted by atomic mass is 10.0. The molecule has 0 atom stereocenters. The van der Waals surface area contributed by atoms with E-state index >= 15 is 0 Å². The van der Waals surface area contributed by atoms with Gasteiger partial charge in [0.15, 0.2) is 11.5 Å². The number of methoxy groups -OCH3 is 2.